The van der Waals surface area contributed by atoms with Gasteiger partial charge >= 0.3 is 0 Å². The Bertz CT molecular complexity index is 1910. The van der Waals surface area contributed by atoms with Gasteiger partial charge in [-0.25, -0.2) is 0 Å². The SMILES string of the molecule is CCOc1cccc(/C(=C/c2c(C=O)c(OC)c(/C=C(/c3ccc(Oc4ccccc4)cc3)C3CCC(C)CC3)c(OC)c2OC)C2CCC(C)CC2)c1. The highest BCUT2D eigenvalue weighted by atomic mass is 16.5. The minimum atomic E-state index is 0.313. The molecular weight excluding hydrogens is 673 g/mol. The second-order valence-electron chi connectivity index (χ2n) is 15.0. The molecule has 0 spiro atoms. The van der Waals surface area contributed by atoms with Crippen LogP contribution in [0.2, 0.25) is 0 Å². The van der Waals surface area contributed by atoms with Crippen molar-refractivity contribution in [1.82, 2.24) is 0 Å². The molecule has 0 bridgehead atoms. The Morgan fingerprint density at radius 1 is 0.574 bits per heavy atom. The zero-order valence-corrected chi connectivity index (χ0v) is 32.9. The van der Waals surface area contributed by atoms with Crippen LogP contribution in [0.25, 0.3) is 23.3 Å². The van der Waals surface area contributed by atoms with Gasteiger partial charge in [0.15, 0.2) is 17.8 Å². The van der Waals surface area contributed by atoms with E-state index in [2.05, 4.69) is 50.3 Å². The number of allylic oxidation sites excluding steroid dienone is 2. The van der Waals surface area contributed by atoms with Crippen molar-refractivity contribution >= 4 is 29.6 Å². The van der Waals surface area contributed by atoms with Crippen LogP contribution in [0.3, 0.4) is 0 Å². The smallest absolute Gasteiger partial charge is 0.172 e. The Balaban J connectivity index is 1.52. The molecule has 6 nitrogen and oxygen atoms in total. The Morgan fingerprint density at radius 2 is 1.09 bits per heavy atom. The van der Waals surface area contributed by atoms with Crippen LogP contribution in [0.4, 0.5) is 0 Å². The van der Waals surface area contributed by atoms with E-state index in [9.17, 15) is 4.79 Å². The first-order valence-corrected chi connectivity index (χ1v) is 19.7. The molecule has 2 aliphatic carbocycles. The molecule has 4 aromatic rings. The number of ether oxygens (including phenoxy) is 5. The lowest BCUT2D eigenvalue weighted by Gasteiger charge is -2.30. The van der Waals surface area contributed by atoms with Crippen molar-refractivity contribution in [3.05, 3.63) is 107 Å². The van der Waals surface area contributed by atoms with E-state index < -0.39 is 0 Å². The first-order valence-electron chi connectivity index (χ1n) is 19.7. The molecule has 2 aliphatic rings. The number of benzene rings is 4. The lowest BCUT2D eigenvalue weighted by Crippen LogP contribution is -2.14. The van der Waals surface area contributed by atoms with Crippen molar-refractivity contribution in [1.29, 1.82) is 0 Å². The molecule has 0 heterocycles. The van der Waals surface area contributed by atoms with Gasteiger partial charge in [0.2, 0.25) is 0 Å². The molecule has 0 unspecified atom stereocenters. The summed E-state index contributed by atoms with van der Waals surface area (Å²) in [7, 11) is 4.94. The highest BCUT2D eigenvalue weighted by Crippen LogP contribution is 2.50. The maximum atomic E-state index is 13.3. The molecule has 0 aromatic heterocycles. The minimum Gasteiger partial charge on any atom is -0.495 e. The maximum absolute atomic E-state index is 13.3. The largest absolute Gasteiger partial charge is 0.495 e. The van der Waals surface area contributed by atoms with Gasteiger partial charge in [0, 0.05) is 5.56 Å². The lowest BCUT2D eigenvalue weighted by molar-refractivity contribution is 0.112. The highest BCUT2D eigenvalue weighted by Gasteiger charge is 2.30. The molecule has 2 fully saturated rings. The molecule has 0 amide bonds. The maximum Gasteiger partial charge on any atom is 0.172 e. The molecule has 54 heavy (non-hydrogen) atoms. The predicted molar refractivity (Wildman–Crippen MR) is 220 cm³/mol. The van der Waals surface area contributed by atoms with Gasteiger partial charge in [-0.1, -0.05) is 82.0 Å². The van der Waals surface area contributed by atoms with Crippen LogP contribution < -0.4 is 23.7 Å². The molecule has 0 atom stereocenters. The van der Waals surface area contributed by atoms with E-state index in [0.717, 1.165) is 91.6 Å². The van der Waals surface area contributed by atoms with Gasteiger partial charge in [0.1, 0.15) is 23.0 Å². The Morgan fingerprint density at radius 3 is 1.65 bits per heavy atom. The average Bonchev–Trinajstić information content (AvgIpc) is 3.20. The van der Waals surface area contributed by atoms with Crippen LogP contribution in [0.15, 0.2) is 78.9 Å². The van der Waals surface area contributed by atoms with Crippen LogP contribution in [0.5, 0.6) is 34.5 Å². The van der Waals surface area contributed by atoms with Gasteiger partial charge in [-0.15, -0.1) is 0 Å². The van der Waals surface area contributed by atoms with Gasteiger partial charge in [0.25, 0.3) is 0 Å². The van der Waals surface area contributed by atoms with Crippen molar-refractivity contribution in [3.8, 4) is 34.5 Å². The molecule has 0 saturated heterocycles. The van der Waals surface area contributed by atoms with E-state index in [1.165, 1.54) is 5.57 Å². The number of carbonyl (C=O) groups is 1. The summed E-state index contributed by atoms with van der Waals surface area (Å²) in [5, 5.41) is 0. The number of aldehydes is 1. The number of rotatable bonds is 14. The van der Waals surface area contributed by atoms with Gasteiger partial charge in [-0.05, 0) is 127 Å². The third-order valence-corrected chi connectivity index (χ3v) is 11.4. The summed E-state index contributed by atoms with van der Waals surface area (Å²) >= 11 is 0. The predicted octanol–water partition coefficient (Wildman–Crippen LogP) is 12.4. The zero-order chi connectivity index (χ0) is 38.0. The Kier molecular flexibility index (Phi) is 13.2. The molecule has 2 saturated carbocycles. The lowest BCUT2D eigenvalue weighted by atomic mass is 9.76. The van der Waals surface area contributed by atoms with Gasteiger partial charge in [-0.3, -0.25) is 4.79 Å². The van der Waals surface area contributed by atoms with E-state index >= 15 is 0 Å². The topological polar surface area (TPSA) is 63.2 Å². The second kappa shape index (κ2) is 18.4. The molecular formula is C48H56O6. The Hall–Kier alpha value is -4.97. The number of hydrogen-bond acceptors (Lipinski definition) is 6. The molecule has 6 rings (SSSR count). The normalized spacial score (nSPS) is 20.6. The monoisotopic (exact) mass is 728 g/mol. The fraction of sp³-hybridized carbons (Fsp3) is 0.396. The summed E-state index contributed by atoms with van der Waals surface area (Å²) in [6.45, 7) is 7.25. The molecule has 284 valence electrons. The van der Waals surface area contributed by atoms with E-state index in [1.54, 1.807) is 21.3 Å². The highest BCUT2D eigenvalue weighted by molar-refractivity contribution is 5.99. The summed E-state index contributed by atoms with van der Waals surface area (Å²) in [5.41, 5.74) is 6.30. The van der Waals surface area contributed by atoms with Gasteiger partial charge < -0.3 is 23.7 Å². The zero-order valence-electron chi connectivity index (χ0n) is 32.9. The minimum absolute atomic E-state index is 0.313. The molecule has 0 N–H and O–H groups in total. The van der Waals surface area contributed by atoms with Crippen molar-refractivity contribution in [2.24, 2.45) is 23.7 Å². The third-order valence-electron chi connectivity index (χ3n) is 11.4. The fourth-order valence-corrected chi connectivity index (χ4v) is 8.35. The van der Waals surface area contributed by atoms with Crippen molar-refractivity contribution in [2.75, 3.05) is 27.9 Å². The fourth-order valence-electron chi connectivity index (χ4n) is 8.35. The molecule has 0 aliphatic heterocycles. The van der Waals surface area contributed by atoms with E-state index in [4.69, 9.17) is 23.7 Å². The van der Waals surface area contributed by atoms with E-state index in [1.807, 2.05) is 61.5 Å². The van der Waals surface area contributed by atoms with Crippen LogP contribution >= 0.6 is 0 Å². The summed E-state index contributed by atoms with van der Waals surface area (Å²) in [6.07, 6.45) is 14.1. The van der Waals surface area contributed by atoms with Crippen molar-refractivity contribution in [3.63, 3.8) is 0 Å². The number of hydrogen-bond donors (Lipinski definition) is 0. The first-order chi connectivity index (χ1) is 26.4. The second-order valence-corrected chi connectivity index (χ2v) is 15.0. The van der Waals surface area contributed by atoms with Crippen molar-refractivity contribution in [2.45, 2.75) is 72.1 Å². The van der Waals surface area contributed by atoms with E-state index in [-0.39, 0.29) is 0 Å². The quantitative estimate of drug-likeness (QED) is 0.0951. The summed E-state index contributed by atoms with van der Waals surface area (Å²) < 4.78 is 30.7. The summed E-state index contributed by atoms with van der Waals surface area (Å²) in [6, 6.07) is 26.4. The van der Waals surface area contributed by atoms with E-state index in [0.29, 0.717) is 64.2 Å². The average molecular weight is 729 g/mol. The van der Waals surface area contributed by atoms with Crippen LogP contribution in [-0.4, -0.2) is 34.2 Å². The number of carbonyl (C=O) groups excluding carboxylic acids is 1. The van der Waals surface area contributed by atoms with Crippen LogP contribution in [-0.2, 0) is 0 Å². The van der Waals surface area contributed by atoms with Gasteiger partial charge in [-0.2, -0.15) is 0 Å². The third kappa shape index (κ3) is 8.86. The summed E-state index contributed by atoms with van der Waals surface area (Å²) in [4.78, 5) is 13.3. The first kappa shape index (κ1) is 38.7. The summed E-state index contributed by atoms with van der Waals surface area (Å²) in [5.74, 6) is 5.93. The molecule has 4 aromatic carbocycles. The molecule has 6 heteroatoms. The molecule has 0 radical (unpaired) electrons. The number of para-hydroxylation sites is 1. The Labute approximate surface area is 322 Å². The van der Waals surface area contributed by atoms with Crippen LogP contribution in [0.1, 0.15) is 105 Å². The van der Waals surface area contributed by atoms with Crippen LogP contribution in [0, 0.1) is 23.7 Å². The number of methoxy groups -OCH3 is 3. The standard InChI is InChI=1S/C48H56O6/c1-7-53-40-15-11-12-37(28-40)42(35-22-18-33(3)19-23-35)29-43-45(31-49)46(50-4)44(48(52-6)47(43)51-5)30-41(34-20-16-32(2)17-21-34)36-24-26-39(27-25-36)54-38-13-9-8-10-14-38/h8-15,24-35H,7,16-23H2,1-6H3/b41-30+,42-29+. The van der Waals surface area contributed by atoms with Gasteiger partial charge in [0.05, 0.1) is 39.1 Å². The van der Waals surface area contributed by atoms with Crippen molar-refractivity contribution < 1.29 is 28.5 Å².